The van der Waals surface area contributed by atoms with Gasteiger partial charge in [-0.05, 0) is 31.6 Å². The summed E-state index contributed by atoms with van der Waals surface area (Å²) in [7, 11) is 0. The fourth-order valence-electron chi connectivity index (χ4n) is 5.52. The van der Waals surface area contributed by atoms with Gasteiger partial charge in [0.2, 0.25) is 17.7 Å². The van der Waals surface area contributed by atoms with Crippen molar-refractivity contribution in [3.05, 3.63) is 0 Å². The summed E-state index contributed by atoms with van der Waals surface area (Å²) in [6.07, 6.45) is 3.50. The van der Waals surface area contributed by atoms with E-state index < -0.39 is 29.5 Å². The molecule has 8 heteroatoms. The fraction of sp³-hybridized carbons (Fsp3) is 0.864. The number of likely N-dealkylation sites (tertiary alicyclic amines) is 1. The van der Waals surface area contributed by atoms with Gasteiger partial charge in [0.15, 0.2) is 0 Å². The average Bonchev–Trinajstić information content (AvgIpc) is 3.34. The first-order chi connectivity index (χ1) is 14.3. The van der Waals surface area contributed by atoms with Crippen molar-refractivity contribution < 1.29 is 24.2 Å². The molecule has 170 valence electrons. The summed E-state index contributed by atoms with van der Waals surface area (Å²) in [5.74, 6) is -1.95. The third-order valence-electron chi connectivity index (χ3n) is 6.98. The van der Waals surface area contributed by atoms with Gasteiger partial charge in [0.05, 0.1) is 30.6 Å². The molecular formula is C22H37N3O5. The van der Waals surface area contributed by atoms with Gasteiger partial charge in [-0.1, -0.05) is 34.1 Å². The molecule has 8 nitrogen and oxygen atoms in total. The van der Waals surface area contributed by atoms with Crippen molar-refractivity contribution in [2.24, 2.45) is 17.8 Å². The summed E-state index contributed by atoms with van der Waals surface area (Å²) in [5.41, 5.74) is -0.991. The molecule has 3 fully saturated rings. The molecule has 30 heavy (non-hydrogen) atoms. The van der Waals surface area contributed by atoms with Crippen LogP contribution in [0.3, 0.4) is 0 Å². The summed E-state index contributed by atoms with van der Waals surface area (Å²) in [6, 6.07) is -1.32. The van der Waals surface area contributed by atoms with Crippen LogP contribution in [0.4, 0.5) is 0 Å². The largest absolute Gasteiger partial charge is 0.394 e. The molecule has 3 aliphatic heterocycles. The molecule has 3 heterocycles. The second kappa shape index (κ2) is 9.22. The Kier molecular flexibility index (Phi) is 7.07. The van der Waals surface area contributed by atoms with Crippen LogP contribution >= 0.6 is 0 Å². The minimum atomic E-state index is -0.991. The summed E-state index contributed by atoms with van der Waals surface area (Å²) < 4.78 is 6.35. The lowest BCUT2D eigenvalue weighted by molar-refractivity contribution is -0.146. The monoisotopic (exact) mass is 423 g/mol. The fourth-order valence-corrected chi connectivity index (χ4v) is 5.52. The Balaban J connectivity index is 1.97. The van der Waals surface area contributed by atoms with Gasteiger partial charge in [-0.15, -0.1) is 0 Å². The predicted octanol–water partition coefficient (Wildman–Crippen LogP) is 0.820. The van der Waals surface area contributed by atoms with Crippen LogP contribution in [0, 0.1) is 17.8 Å². The minimum absolute atomic E-state index is 0.0373. The number of unbranched alkanes of at least 4 members (excludes halogenated alkanes) is 1. The van der Waals surface area contributed by atoms with Crippen LogP contribution in [0.1, 0.15) is 59.8 Å². The predicted molar refractivity (Wildman–Crippen MR) is 111 cm³/mol. The van der Waals surface area contributed by atoms with E-state index in [1.165, 1.54) is 4.90 Å². The Morgan fingerprint density at radius 2 is 1.90 bits per heavy atom. The third kappa shape index (κ3) is 3.62. The number of nitrogens with zero attached hydrogens (tertiary/aromatic N) is 1. The Morgan fingerprint density at radius 3 is 2.50 bits per heavy atom. The van der Waals surface area contributed by atoms with Gasteiger partial charge in [-0.2, -0.15) is 0 Å². The molecule has 1 spiro atoms. The minimum Gasteiger partial charge on any atom is -0.394 e. The van der Waals surface area contributed by atoms with Gasteiger partial charge in [0.25, 0.3) is 0 Å². The van der Waals surface area contributed by atoms with Crippen LogP contribution in [0.25, 0.3) is 0 Å². The molecule has 2 unspecified atom stereocenters. The highest BCUT2D eigenvalue weighted by molar-refractivity contribution is 5.99. The Morgan fingerprint density at radius 1 is 1.20 bits per heavy atom. The molecule has 0 radical (unpaired) electrons. The molecule has 3 N–H and O–H groups in total. The first kappa shape index (κ1) is 23.0. The van der Waals surface area contributed by atoms with Crippen molar-refractivity contribution in [1.29, 1.82) is 0 Å². The van der Waals surface area contributed by atoms with Crippen LogP contribution in [-0.4, -0.2) is 71.2 Å². The number of ether oxygens (including phenoxy) is 1. The van der Waals surface area contributed by atoms with E-state index in [-0.39, 0.29) is 36.4 Å². The van der Waals surface area contributed by atoms with Gasteiger partial charge < -0.3 is 25.4 Å². The van der Waals surface area contributed by atoms with E-state index in [0.717, 1.165) is 19.3 Å². The van der Waals surface area contributed by atoms with Crippen molar-refractivity contribution in [3.8, 4) is 0 Å². The molecule has 3 saturated heterocycles. The molecule has 0 aromatic carbocycles. The van der Waals surface area contributed by atoms with E-state index in [0.29, 0.717) is 25.9 Å². The first-order valence-corrected chi connectivity index (χ1v) is 11.5. The molecular weight excluding hydrogens is 386 g/mol. The van der Waals surface area contributed by atoms with E-state index in [1.807, 2.05) is 27.7 Å². The smallest absolute Gasteiger partial charge is 0.245 e. The topological polar surface area (TPSA) is 108 Å². The standard InChI is InChI=1S/C22H37N3O5/c1-5-7-11-24-20(28)18-22-9-8-15(30-22)16(19(27)23-10-6-2)17(22)21(29)25(18)14(12-26)13(3)4/h13-18,26H,5-12H2,1-4H3,(H,23,27)(H,24,28)/t14-,15-,16+,17-,18?,22?/m0/s1. The van der Waals surface area contributed by atoms with Crippen LogP contribution in [0.2, 0.25) is 0 Å². The van der Waals surface area contributed by atoms with Crippen LogP contribution in [0.5, 0.6) is 0 Å². The SMILES string of the molecule is CCCCNC(=O)C1N([C@@H](CO)C(C)C)C(=O)[C@@H]2[C@H](C(=O)NCCC)[C@@H]3CCC12O3. The van der Waals surface area contributed by atoms with Gasteiger partial charge in [0.1, 0.15) is 11.6 Å². The highest BCUT2D eigenvalue weighted by Crippen LogP contribution is 2.58. The molecule has 0 aliphatic carbocycles. The molecule has 0 saturated carbocycles. The quantitative estimate of drug-likeness (QED) is 0.451. The Hall–Kier alpha value is -1.67. The van der Waals surface area contributed by atoms with Crippen molar-refractivity contribution in [2.45, 2.75) is 83.6 Å². The number of rotatable bonds is 10. The molecule has 3 aliphatic rings. The van der Waals surface area contributed by atoms with Crippen molar-refractivity contribution in [2.75, 3.05) is 19.7 Å². The number of carbonyl (C=O) groups is 3. The molecule has 6 atom stereocenters. The first-order valence-electron chi connectivity index (χ1n) is 11.5. The molecule has 3 rings (SSSR count). The van der Waals surface area contributed by atoms with E-state index in [1.54, 1.807) is 0 Å². The van der Waals surface area contributed by atoms with Gasteiger partial charge in [-0.3, -0.25) is 14.4 Å². The zero-order chi connectivity index (χ0) is 22.1. The summed E-state index contributed by atoms with van der Waals surface area (Å²) in [6.45, 7) is 8.73. The maximum absolute atomic E-state index is 13.7. The Bertz CT molecular complexity index is 669. The molecule has 0 aromatic rings. The van der Waals surface area contributed by atoms with Crippen molar-refractivity contribution in [1.82, 2.24) is 15.5 Å². The number of aliphatic hydroxyl groups is 1. The third-order valence-corrected chi connectivity index (χ3v) is 6.98. The maximum Gasteiger partial charge on any atom is 0.245 e. The Labute approximate surface area is 179 Å². The van der Waals surface area contributed by atoms with E-state index in [2.05, 4.69) is 10.6 Å². The zero-order valence-corrected chi connectivity index (χ0v) is 18.6. The number of fused-ring (bicyclic) bond motifs is 1. The van der Waals surface area contributed by atoms with Gasteiger partial charge in [0, 0.05) is 13.1 Å². The maximum atomic E-state index is 13.7. The van der Waals surface area contributed by atoms with Crippen LogP contribution in [0.15, 0.2) is 0 Å². The lowest BCUT2D eigenvalue weighted by Gasteiger charge is -2.38. The van der Waals surface area contributed by atoms with Crippen LogP contribution < -0.4 is 10.6 Å². The zero-order valence-electron chi connectivity index (χ0n) is 18.6. The van der Waals surface area contributed by atoms with Crippen molar-refractivity contribution >= 4 is 17.7 Å². The van der Waals surface area contributed by atoms with E-state index in [4.69, 9.17) is 4.74 Å². The molecule has 2 bridgehead atoms. The normalized spacial score (nSPS) is 33.1. The number of hydrogen-bond acceptors (Lipinski definition) is 5. The van der Waals surface area contributed by atoms with Gasteiger partial charge in [-0.25, -0.2) is 0 Å². The van der Waals surface area contributed by atoms with Crippen molar-refractivity contribution in [3.63, 3.8) is 0 Å². The average molecular weight is 424 g/mol. The number of nitrogens with one attached hydrogen (secondary N) is 2. The summed E-state index contributed by atoms with van der Waals surface area (Å²) in [4.78, 5) is 41.5. The van der Waals surface area contributed by atoms with E-state index in [9.17, 15) is 19.5 Å². The summed E-state index contributed by atoms with van der Waals surface area (Å²) >= 11 is 0. The highest BCUT2D eigenvalue weighted by Gasteiger charge is 2.75. The molecule has 0 aromatic heterocycles. The lowest BCUT2D eigenvalue weighted by atomic mass is 9.70. The second-order valence-corrected chi connectivity index (χ2v) is 9.23. The van der Waals surface area contributed by atoms with Crippen LogP contribution in [-0.2, 0) is 19.1 Å². The van der Waals surface area contributed by atoms with E-state index >= 15 is 0 Å². The number of amides is 3. The molecule has 3 amide bonds. The second-order valence-electron chi connectivity index (χ2n) is 9.23. The number of hydrogen-bond donors (Lipinski definition) is 3. The summed E-state index contributed by atoms with van der Waals surface area (Å²) in [5, 5.41) is 15.9. The van der Waals surface area contributed by atoms with Gasteiger partial charge >= 0.3 is 0 Å². The number of aliphatic hydroxyl groups excluding tert-OH is 1. The number of carbonyl (C=O) groups excluding carboxylic acids is 3. The lowest BCUT2D eigenvalue weighted by Crippen LogP contribution is -2.59. The highest BCUT2D eigenvalue weighted by atomic mass is 16.5.